The zero-order valence-corrected chi connectivity index (χ0v) is 15.5. The molecule has 0 saturated carbocycles. The first-order valence-corrected chi connectivity index (χ1v) is 9.02. The van der Waals surface area contributed by atoms with E-state index in [9.17, 15) is 5.21 Å². The average molecular weight is 358 g/mol. The number of thioether (sulfide) groups is 1. The predicted molar refractivity (Wildman–Crippen MR) is 98.3 cm³/mol. The van der Waals surface area contributed by atoms with Crippen molar-refractivity contribution in [2.45, 2.75) is 44.5 Å². The van der Waals surface area contributed by atoms with Crippen LogP contribution in [0.2, 0.25) is 5.02 Å². The number of hydrogen-bond donors (Lipinski definition) is 1. The van der Waals surface area contributed by atoms with E-state index in [1.54, 1.807) is 18.0 Å². The van der Waals surface area contributed by atoms with Crippen LogP contribution in [0.25, 0.3) is 0 Å². The molecule has 1 aromatic rings. The lowest BCUT2D eigenvalue weighted by Gasteiger charge is -2.25. The van der Waals surface area contributed by atoms with Gasteiger partial charge in [-0.25, -0.2) is 0 Å². The summed E-state index contributed by atoms with van der Waals surface area (Å²) in [7, 11) is 0. The Morgan fingerprint density at radius 2 is 2.05 bits per heavy atom. The molecule has 1 N–H and O–H groups in total. The summed E-state index contributed by atoms with van der Waals surface area (Å²) >= 11 is 13.0. The normalized spacial score (nSPS) is 21.5. The second-order valence-electron chi connectivity index (χ2n) is 5.95. The summed E-state index contributed by atoms with van der Waals surface area (Å²) in [6.45, 7) is 7.24. The molecular weight excluding hydrogens is 336 g/mol. The van der Waals surface area contributed by atoms with Crippen molar-refractivity contribution in [1.82, 2.24) is 4.90 Å². The molecule has 0 bridgehead atoms. The Morgan fingerprint density at radius 1 is 1.41 bits per heavy atom. The van der Waals surface area contributed by atoms with Gasteiger partial charge in [-0.3, -0.25) is 10.1 Å². The van der Waals surface area contributed by atoms with Crippen LogP contribution in [0.1, 0.15) is 39.2 Å². The zero-order chi connectivity index (χ0) is 16.3. The Labute approximate surface area is 146 Å². The molecule has 1 saturated heterocycles. The van der Waals surface area contributed by atoms with Crippen molar-refractivity contribution in [3.8, 4) is 0 Å². The molecule has 0 amide bonds. The molecule has 0 radical (unpaired) electrons. The molecule has 1 aromatic carbocycles. The van der Waals surface area contributed by atoms with Crippen molar-refractivity contribution in [1.29, 1.82) is 0 Å². The molecule has 0 aliphatic carbocycles. The molecule has 0 aromatic heterocycles. The average Bonchev–Trinajstić information content (AvgIpc) is 2.67. The molecule has 1 aliphatic rings. The van der Waals surface area contributed by atoms with Gasteiger partial charge in [0, 0.05) is 17.1 Å². The molecule has 120 valence electrons. The third-order valence-corrected chi connectivity index (χ3v) is 5.54. The van der Waals surface area contributed by atoms with Crippen LogP contribution in [-0.2, 0) is 0 Å². The van der Waals surface area contributed by atoms with Crippen LogP contribution in [0, 0.1) is 0 Å². The van der Waals surface area contributed by atoms with Crippen LogP contribution in [0.3, 0.4) is 0 Å². The highest BCUT2D eigenvalue weighted by molar-refractivity contribution is 8.24. The van der Waals surface area contributed by atoms with Gasteiger partial charge in [0.25, 0.3) is 6.17 Å². The van der Waals surface area contributed by atoms with Crippen LogP contribution < -0.4 is 0 Å². The Morgan fingerprint density at radius 3 is 2.64 bits per heavy atom. The third-order valence-electron chi connectivity index (χ3n) is 3.66. The number of benzene rings is 1. The van der Waals surface area contributed by atoms with Gasteiger partial charge in [-0.15, -0.1) is 0 Å². The summed E-state index contributed by atoms with van der Waals surface area (Å²) in [5.74, 6) is 0. The Bertz CT molecular complexity index is 572. The van der Waals surface area contributed by atoms with Gasteiger partial charge in [0.15, 0.2) is 0 Å². The molecule has 0 spiro atoms. The van der Waals surface area contributed by atoms with Gasteiger partial charge in [0.1, 0.15) is 9.07 Å². The lowest BCUT2D eigenvalue weighted by molar-refractivity contribution is -0.808. The van der Waals surface area contributed by atoms with Gasteiger partial charge in [0.05, 0.1) is 0 Å². The quantitative estimate of drug-likeness (QED) is 0.278. The number of nitrogens with zero attached hydrogens (tertiary/aromatic N) is 2. The van der Waals surface area contributed by atoms with Crippen molar-refractivity contribution in [2.24, 2.45) is 0 Å². The lowest BCUT2D eigenvalue weighted by Crippen LogP contribution is -2.49. The summed E-state index contributed by atoms with van der Waals surface area (Å²) in [5.41, 5.74) is 0.904. The maximum absolute atomic E-state index is 10.6. The van der Waals surface area contributed by atoms with E-state index in [0.29, 0.717) is 5.02 Å². The van der Waals surface area contributed by atoms with Crippen molar-refractivity contribution in [3.63, 3.8) is 0 Å². The maximum atomic E-state index is 10.6. The Hall–Kier alpha value is -0.780. The van der Waals surface area contributed by atoms with Gasteiger partial charge < -0.3 is 0 Å². The number of unbranched alkanes of at least 4 members (excludes halogenated alkanes) is 1. The summed E-state index contributed by atoms with van der Waals surface area (Å²) in [6, 6.07) is 7.40. The van der Waals surface area contributed by atoms with Crippen LogP contribution in [0.4, 0.5) is 0 Å². The first kappa shape index (κ1) is 17.6. The molecular formula is C16H22ClN2OS2+. The highest BCUT2D eigenvalue weighted by atomic mass is 35.5. The lowest BCUT2D eigenvalue weighted by atomic mass is 10.1. The van der Waals surface area contributed by atoms with Gasteiger partial charge in [-0.05, 0) is 49.3 Å². The van der Waals surface area contributed by atoms with Crippen molar-refractivity contribution in [3.05, 3.63) is 34.9 Å². The SMILES string of the molecule is CCCCN1C(=S)SC(C)(C)C1[N+](O)=Cc1ccc(Cl)cc1. The van der Waals surface area contributed by atoms with E-state index in [1.165, 1.54) is 4.74 Å². The zero-order valence-electron chi connectivity index (χ0n) is 13.1. The van der Waals surface area contributed by atoms with Crippen molar-refractivity contribution < 1.29 is 9.95 Å². The van der Waals surface area contributed by atoms with E-state index in [0.717, 1.165) is 29.3 Å². The standard InChI is InChI=1S/C16H22ClN2OS2/c1-4-5-10-18-14(16(2,3)22-15(18)21)19(20)11-12-6-8-13(17)9-7-12/h6-9,11,14,20H,4-5,10H2,1-3H3/q+1. The number of hydroxylamine groups is 1. The van der Waals surface area contributed by atoms with E-state index >= 15 is 0 Å². The first-order chi connectivity index (χ1) is 10.3. The van der Waals surface area contributed by atoms with Crippen molar-refractivity contribution in [2.75, 3.05) is 6.54 Å². The topological polar surface area (TPSA) is 26.5 Å². The minimum atomic E-state index is -0.178. The fraction of sp³-hybridized carbons (Fsp3) is 0.500. The fourth-order valence-electron chi connectivity index (χ4n) is 2.59. The van der Waals surface area contributed by atoms with E-state index in [1.807, 2.05) is 24.3 Å². The van der Waals surface area contributed by atoms with Crippen LogP contribution >= 0.6 is 35.6 Å². The molecule has 6 heteroatoms. The molecule has 22 heavy (non-hydrogen) atoms. The molecule has 1 unspecified atom stereocenters. The highest BCUT2D eigenvalue weighted by Crippen LogP contribution is 2.41. The fourth-order valence-corrected chi connectivity index (χ4v) is 4.65. The number of rotatable bonds is 5. The number of hydrogen-bond acceptors (Lipinski definition) is 3. The highest BCUT2D eigenvalue weighted by Gasteiger charge is 2.52. The second-order valence-corrected chi connectivity index (χ2v) is 8.68. The minimum absolute atomic E-state index is 0.174. The summed E-state index contributed by atoms with van der Waals surface area (Å²) in [5, 5.41) is 11.3. The first-order valence-electron chi connectivity index (χ1n) is 7.42. The molecule has 1 fully saturated rings. The van der Waals surface area contributed by atoms with Gasteiger partial charge in [-0.2, -0.15) is 0 Å². The molecule has 1 heterocycles. The molecule has 2 rings (SSSR count). The van der Waals surface area contributed by atoms with Crippen LogP contribution in [-0.4, -0.2) is 42.8 Å². The van der Waals surface area contributed by atoms with E-state index < -0.39 is 0 Å². The summed E-state index contributed by atoms with van der Waals surface area (Å²) in [4.78, 5) is 2.12. The van der Waals surface area contributed by atoms with Gasteiger partial charge >= 0.3 is 0 Å². The molecule has 3 nitrogen and oxygen atoms in total. The Kier molecular flexibility index (Phi) is 5.75. The third kappa shape index (κ3) is 3.94. The number of halogens is 1. The largest absolute Gasteiger partial charge is 0.295 e. The van der Waals surface area contributed by atoms with E-state index in [2.05, 4.69) is 25.7 Å². The van der Waals surface area contributed by atoms with E-state index in [-0.39, 0.29) is 10.9 Å². The smallest absolute Gasteiger partial charge is 0.292 e. The predicted octanol–water partition coefficient (Wildman–Crippen LogP) is 4.40. The van der Waals surface area contributed by atoms with Crippen LogP contribution in [0.15, 0.2) is 24.3 Å². The van der Waals surface area contributed by atoms with E-state index in [4.69, 9.17) is 23.8 Å². The van der Waals surface area contributed by atoms with Gasteiger partial charge in [0.2, 0.25) is 6.21 Å². The minimum Gasteiger partial charge on any atom is -0.295 e. The van der Waals surface area contributed by atoms with Gasteiger partial charge in [-0.1, -0.05) is 48.9 Å². The maximum Gasteiger partial charge on any atom is 0.292 e. The summed E-state index contributed by atoms with van der Waals surface area (Å²) in [6.07, 6.45) is 3.72. The van der Waals surface area contributed by atoms with Crippen LogP contribution in [0.5, 0.6) is 0 Å². The molecule has 1 aliphatic heterocycles. The second kappa shape index (κ2) is 7.20. The molecule has 1 atom stereocenters. The summed E-state index contributed by atoms with van der Waals surface area (Å²) < 4.78 is 1.96. The Balaban J connectivity index is 2.28. The van der Waals surface area contributed by atoms with Crippen molar-refractivity contribution >= 4 is 46.1 Å². The monoisotopic (exact) mass is 357 g/mol. The number of thiocarbonyl (C=S) groups is 1.